The van der Waals surface area contributed by atoms with E-state index >= 15 is 0 Å². The lowest BCUT2D eigenvalue weighted by atomic mass is 9.96. The number of aliphatic carboxylic acids is 1. The minimum atomic E-state index is -0.994. The molecule has 0 spiro atoms. The number of ether oxygens (including phenoxy) is 1. The number of hydrogen-bond acceptors (Lipinski definition) is 2. The summed E-state index contributed by atoms with van der Waals surface area (Å²) in [5, 5.41) is 10.4. The number of carboxylic acid groups (broad SMARTS) is 1. The maximum Gasteiger partial charge on any atom is 0.335 e. The Hall–Kier alpha value is -1.97. The first kappa shape index (κ1) is 14.9. The first-order valence-corrected chi connectivity index (χ1v) is 7.42. The highest BCUT2D eigenvalue weighted by molar-refractivity contribution is 6.31. The van der Waals surface area contributed by atoms with Crippen molar-refractivity contribution in [1.29, 1.82) is 0 Å². The van der Waals surface area contributed by atoms with Gasteiger partial charge in [-0.1, -0.05) is 35.3 Å². The van der Waals surface area contributed by atoms with E-state index in [1.54, 1.807) is 37.3 Å². The van der Waals surface area contributed by atoms with Crippen molar-refractivity contribution in [3.63, 3.8) is 0 Å². The van der Waals surface area contributed by atoms with Gasteiger partial charge < -0.3 is 9.84 Å². The summed E-state index contributed by atoms with van der Waals surface area (Å²) in [5.74, 6) is -0.365. The van der Waals surface area contributed by atoms with Gasteiger partial charge in [-0.2, -0.15) is 0 Å². The first-order valence-electron chi connectivity index (χ1n) is 6.66. The van der Waals surface area contributed by atoms with E-state index in [1.807, 2.05) is 12.1 Å². The zero-order chi connectivity index (χ0) is 15.9. The van der Waals surface area contributed by atoms with E-state index in [0.29, 0.717) is 21.4 Å². The fourth-order valence-corrected chi connectivity index (χ4v) is 2.81. The molecule has 0 amide bonds. The predicted octanol–water partition coefficient (Wildman–Crippen LogP) is 4.91. The van der Waals surface area contributed by atoms with Crippen LogP contribution in [0.15, 0.2) is 42.0 Å². The van der Waals surface area contributed by atoms with Crippen molar-refractivity contribution in [2.24, 2.45) is 0 Å². The molecule has 3 nitrogen and oxygen atoms in total. The second-order valence-corrected chi connectivity index (χ2v) is 5.92. The van der Waals surface area contributed by atoms with Crippen molar-refractivity contribution in [2.75, 3.05) is 0 Å². The largest absolute Gasteiger partial charge is 0.484 e. The second-order valence-electron chi connectivity index (χ2n) is 5.04. The molecule has 0 saturated heterocycles. The van der Waals surface area contributed by atoms with Crippen LogP contribution in [0, 0.1) is 0 Å². The zero-order valence-electron chi connectivity index (χ0n) is 11.6. The molecule has 0 aromatic heterocycles. The van der Waals surface area contributed by atoms with Crippen LogP contribution in [0.25, 0.3) is 17.2 Å². The van der Waals surface area contributed by atoms with E-state index in [4.69, 9.17) is 27.9 Å². The molecule has 1 unspecified atom stereocenters. The van der Waals surface area contributed by atoms with Crippen LogP contribution < -0.4 is 4.74 Å². The molecular weight excluding hydrogens is 323 g/mol. The molecule has 0 bridgehead atoms. The normalized spacial score (nSPS) is 16.5. The molecule has 0 radical (unpaired) electrons. The van der Waals surface area contributed by atoms with Gasteiger partial charge in [0.25, 0.3) is 0 Å². The lowest BCUT2D eigenvalue weighted by molar-refractivity contribution is -0.133. The number of halogens is 2. The van der Waals surface area contributed by atoms with Gasteiger partial charge in [0.2, 0.25) is 0 Å². The van der Waals surface area contributed by atoms with Crippen molar-refractivity contribution in [2.45, 2.75) is 13.0 Å². The predicted molar refractivity (Wildman–Crippen MR) is 87.6 cm³/mol. The molecule has 22 heavy (non-hydrogen) atoms. The van der Waals surface area contributed by atoms with E-state index in [2.05, 4.69) is 0 Å². The lowest BCUT2D eigenvalue weighted by Gasteiger charge is -2.25. The molecule has 0 fully saturated rings. The number of hydrogen-bond donors (Lipinski definition) is 1. The van der Waals surface area contributed by atoms with E-state index in [9.17, 15) is 9.90 Å². The van der Waals surface area contributed by atoms with Gasteiger partial charge in [0.15, 0.2) is 0 Å². The summed E-state index contributed by atoms with van der Waals surface area (Å²) in [6.07, 6.45) is 1.08. The molecule has 3 rings (SSSR count). The molecule has 1 N–H and O–H groups in total. The van der Waals surface area contributed by atoms with Gasteiger partial charge >= 0.3 is 5.97 Å². The molecule has 2 aromatic rings. The van der Waals surface area contributed by atoms with Crippen LogP contribution in [0.4, 0.5) is 0 Å². The van der Waals surface area contributed by atoms with Crippen molar-refractivity contribution < 1.29 is 14.6 Å². The molecule has 0 saturated carbocycles. The van der Waals surface area contributed by atoms with Gasteiger partial charge in [-0.15, -0.1) is 0 Å². The fourth-order valence-electron chi connectivity index (χ4n) is 2.46. The molecule has 1 aliphatic heterocycles. The van der Waals surface area contributed by atoms with Crippen LogP contribution in [-0.4, -0.2) is 17.2 Å². The molecule has 1 heterocycles. The smallest absolute Gasteiger partial charge is 0.335 e. The molecule has 5 heteroatoms. The lowest BCUT2D eigenvalue weighted by Crippen LogP contribution is -2.24. The van der Waals surface area contributed by atoms with E-state index in [0.717, 1.165) is 11.1 Å². The first-order chi connectivity index (χ1) is 10.5. The van der Waals surface area contributed by atoms with Gasteiger partial charge in [0.1, 0.15) is 11.9 Å². The molecule has 1 aliphatic rings. The highest BCUT2D eigenvalue weighted by Gasteiger charge is 2.26. The maximum atomic E-state index is 11.3. The highest BCUT2D eigenvalue weighted by Crippen LogP contribution is 2.41. The van der Waals surface area contributed by atoms with Crippen LogP contribution in [-0.2, 0) is 4.79 Å². The molecule has 1 atom stereocenters. The number of carbonyl (C=O) groups is 1. The summed E-state index contributed by atoms with van der Waals surface area (Å²) in [6.45, 7) is 1.71. The van der Waals surface area contributed by atoms with Crippen LogP contribution in [0.5, 0.6) is 5.75 Å². The average molecular weight is 335 g/mol. The Bertz CT molecular complexity index is 779. The fraction of sp³-hybridized carbons (Fsp3) is 0.118. The van der Waals surface area contributed by atoms with Gasteiger partial charge in [0.05, 0.1) is 5.57 Å². The number of carboxylic acids is 1. The SMILES string of the molecule is CC1Oc2c(cc(Cl)cc2-c2ccc(Cl)cc2)C=C1C(=O)O. The van der Waals surface area contributed by atoms with Gasteiger partial charge in [-0.05, 0) is 42.8 Å². The standard InChI is InChI=1S/C17H12Cl2O3/c1-9-14(17(20)21)7-11-6-13(19)8-15(16(11)22-9)10-2-4-12(18)5-3-10/h2-9H,1H3,(H,20,21). The average Bonchev–Trinajstić information content (AvgIpc) is 2.47. The Labute approximate surface area is 137 Å². The van der Waals surface area contributed by atoms with Crippen LogP contribution >= 0.6 is 23.2 Å². The van der Waals surface area contributed by atoms with Crippen molar-refractivity contribution >= 4 is 35.2 Å². The highest BCUT2D eigenvalue weighted by atomic mass is 35.5. The van der Waals surface area contributed by atoms with Crippen LogP contribution in [0.2, 0.25) is 10.0 Å². The zero-order valence-corrected chi connectivity index (χ0v) is 13.2. The van der Waals surface area contributed by atoms with E-state index < -0.39 is 12.1 Å². The Morgan fingerprint density at radius 3 is 2.45 bits per heavy atom. The maximum absolute atomic E-state index is 11.3. The second kappa shape index (κ2) is 5.67. The summed E-state index contributed by atoms with van der Waals surface area (Å²) < 4.78 is 5.84. The van der Waals surface area contributed by atoms with Crippen LogP contribution in [0.1, 0.15) is 12.5 Å². The minimum Gasteiger partial charge on any atom is -0.484 e. The quantitative estimate of drug-likeness (QED) is 0.848. The van der Waals surface area contributed by atoms with Crippen molar-refractivity contribution in [3.8, 4) is 16.9 Å². The Kier molecular flexibility index (Phi) is 3.85. The van der Waals surface area contributed by atoms with Gasteiger partial charge in [-0.25, -0.2) is 4.79 Å². The van der Waals surface area contributed by atoms with Gasteiger partial charge in [-0.3, -0.25) is 0 Å². The topological polar surface area (TPSA) is 46.5 Å². The number of fused-ring (bicyclic) bond motifs is 1. The van der Waals surface area contributed by atoms with Gasteiger partial charge in [0, 0.05) is 21.2 Å². The molecule has 2 aromatic carbocycles. The Morgan fingerprint density at radius 1 is 1.14 bits per heavy atom. The number of benzene rings is 2. The van der Waals surface area contributed by atoms with Crippen molar-refractivity contribution in [1.82, 2.24) is 0 Å². The van der Waals surface area contributed by atoms with Crippen molar-refractivity contribution in [3.05, 3.63) is 57.6 Å². The van der Waals surface area contributed by atoms with E-state index in [-0.39, 0.29) is 5.57 Å². The molecule has 0 aliphatic carbocycles. The molecular formula is C17H12Cl2O3. The summed E-state index contributed by atoms with van der Waals surface area (Å²) >= 11 is 12.1. The summed E-state index contributed by atoms with van der Waals surface area (Å²) in [4.78, 5) is 11.3. The van der Waals surface area contributed by atoms with Crippen LogP contribution in [0.3, 0.4) is 0 Å². The monoisotopic (exact) mass is 334 g/mol. The minimum absolute atomic E-state index is 0.205. The summed E-state index contributed by atoms with van der Waals surface area (Å²) in [6, 6.07) is 10.8. The van der Waals surface area contributed by atoms with E-state index in [1.165, 1.54) is 0 Å². The Morgan fingerprint density at radius 2 is 1.82 bits per heavy atom. The third kappa shape index (κ3) is 2.70. The Balaban J connectivity index is 2.19. The number of rotatable bonds is 2. The molecule has 112 valence electrons. The summed E-state index contributed by atoms with van der Waals surface area (Å²) in [5.41, 5.74) is 2.58. The third-order valence-electron chi connectivity index (χ3n) is 3.53. The summed E-state index contributed by atoms with van der Waals surface area (Å²) in [7, 11) is 0. The third-order valence-corrected chi connectivity index (χ3v) is 4.00.